The molecular formula is C23H25N3S2. The standard InChI is InChI=1S/C23H25N3S2/c1-15-8-9-20-22(19-10-12-27-23(19)16(2)25-20)21(15)17-6-5-7-18(14-17)26-28(3,4)13-11-24/h5-10,12,14,25-26H,2-4,11,13,24H2,1H3. The summed E-state index contributed by atoms with van der Waals surface area (Å²) in [6.45, 7) is 6.94. The fraction of sp³-hybridized carbons (Fsp3) is 0.130. The summed E-state index contributed by atoms with van der Waals surface area (Å²) in [6, 6.07) is 15.0. The van der Waals surface area contributed by atoms with E-state index in [0.717, 1.165) is 22.8 Å². The van der Waals surface area contributed by atoms with Gasteiger partial charge in [0.05, 0.1) is 4.88 Å². The van der Waals surface area contributed by atoms with E-state index in [-0.39, 0.29) is 0 Å². The van der Waals surface area contributed by atoms with Gasteiger partial charge in [0, 0.05) is 40.5 Å². The first-order valence-corrected chi connectivity index (χ1v) is 12.1. The molecule has 3 aromatic rings. The van der Waals surface area contributed by atoms with Crippen LogP contribution in [0.5, 0.6) is 0 Å². The van der Waals surface area contributed by atoms with Gasteiger partial charge in [-0.2, -0.15) is 0 Å². The second kappa shape index (κ2) is 7.17. The molecule has 4 rings (SSSR count). The monoisotopic (exact) mass is 407 g/mol. The van der Waals surface area contributed by atoms with Crippen LogP contribution in [0.25, 0.3) is 28.0 Å². The van der Waals surface area contributed by atoms with Crippen LogP contribution >= 0.6 is 20.7 Å². The van der Waals surface area contributed by atoms with Crippen LogP contribution < -0.4 is 15.8 Å². The summed E-state index contributed by atoms with van der Waals surface area (Å²) in [4.78, 5) is 1.20. The van der Waals surface area contributed by atoms with Gasteiger partial charge >= 0.3 is 0 Å². The van der Waals surface area contributed by atoms with Gasteiger partial charge in [-0.05, 0) is 53.3 Å². The maximum atomic E-state index is 5.72. The topological polar surface area (TPSA) is 50.1 Å². The molecule has 0 amide bonds. The molecule has 3 nitrogen and oxygen atoms in total. The predicted octanol–water partition coefficient (Wildman–Crippen LogP) is 5.74. The molecule has 0 radical (unpaired) electrons. The molecule has 28 heavy (non-hydrogen) atoms. The molecule has 1 aromatic heterocycles. The van der Waals surface area contributed by atoms with E-state index in [2.05, 4.69) is 83.1 Å². The van der Waals surface area contributed by atoms with Crippen LogP contribution in [0.4, 0.5) is 11.4 Å². The Bertz CT molecular complexity index is 1170. The summed E-state index contributed by atoms with van der Waals surface area (Å²) in [5, 5.41) is 5.61. The van der Waals surface area contributed by atoms with Gasteiger partial charge < -0.3 is 15.8 Å². The van der Waals surface area contributed by atoms with Crippen molar-refractivity contribution < 1.29 is 0 Å². The predicted molar refractivity (Wildman–Crippen MR) is 132 cm³/mol. The molecule has 0 saturated heterocycles. The molecule has 0 aliphatic carbocycles. The highest BCUT2D eigenvalue weighted by molar-refractivity contribution is 8.28. The van der Waals surface area contributed by atoms with Gasteiger partial charge in [0.15, 0.2) is 0 Å². The third-order valence-electron chi connectivity index (χ3n) is 4.90. The maximum absolute atomic E-state index is 5.72. The van der Waals surface area contributed by atoms with Gasteiger partial charge in [-0.3, -0.25) is 0 Å². The summed E-state index contributed by atoms with van der Waals surface area (Å²) in [5.74, 6) is 9.26. The van der Waals surface area contributed by atoms with Gasteiger partial charge in [0.1, 0.15) is 0 Å². The molecule has 0 bridgehead atoms. The van der Waals surface area contributed by atoms with E-state index in [1.54, 1.807) is 11.3 Å². The van der Waals surface area contributed by atoms with Crippen molar-refractivity contribution >= 4 is 49.5 Å². The number of fused-ring (bicyclic) bond motifs is 3. The van der Waals surface area contributed by atoms with Crippen LogP contribution in [0, 0.1) is 6.92 Å². The number of aryl methyl sites for hydroxylation is 1. The highest BCUT2D eigenvalue weighted by atomic mass is 32.2. The van der Waals surface area contributed by atoms with E-state index in [0.29, 0.717) is 6.54 Å². The quantitative estimate of drug-likeness (QED) is 0.473. The van der Waals surface area contributed by atoms with Crippen molar-refractivity contribution in [2.45, 2.75) is 6.92 Å². The molecular weight excluding hydrogens is 382 g/mol. The highest BCUT2D eigenvalue weighted by Crippen LogP contribution is 2.48. The highest BCUT2D eigenvalue weighted by Gasteiger charge is 2.24. The van der Waals surface area contributed by atoms with Crippen LogP contribution in [0.15, 0.2) is 54.4 Å². The Hall–Kier alpha value is -2.47. The van der Waals surface area contributed by atoms with Crippen molar-refractivity contribution in [1.29, 1.82) is 0 Å². The van der Waals surface area contributed by atoms with E-state index in [1.807, 2.05) is 0 Å². The molecule has 1 aliphatic heterocycles. The number of benzene rings is 2. The van der Waals surface area contributed by atoms with Crippen LogP contribution in [0.1, 0.15) is 10.4 Å². The normalized spacial score (nSPS) is 12.9. The van der Waals surface area contributed by atoms with Gasteiger partial charge in [-0.15, -0.1) is 20.7 Å². The Morgan fingerprint density at radius 1 is 1.14 bits per heavy atom. The lowest BCUT2D eigenvalue weighted by Gasteiger charge is -2.25. The summed E-state index contributed by atoms with van der Waals surface area (Å²) < 4.78 is 3.50. The third-order valence-corrected chi connectivity index (χ3v) is 7.56. The Kier molecular flexibility index (Phi) is 4.83. The fourth-order valence-corrected chi connectivity index (χ4v) is 5.70. The lowest BCUT2D eigenvalue weighted by Crippen LogP contribution is -2.09. The Balaban J connectivity index is 1.85. The molecule has 0 saturated carbocycles. The zero-order valence-corrected chi connectivity index (χ0v) is 17.7. The Morgan fingerprint density at radius 3 is 2.75 bits per heavy atom. The molecule has 1 aliphatic rings. The SMILES string of the molecule is C=C1Nc2ccc(C)c(-c3cccc(NS(=C)(=C)CCN)c3)c2-c2ccsc21. The van der Waals surface area contributed by atoms with Crippen LogP contribution in [-0.4, -0.2) is 24.0 Å². The molecule has 0 unspecified atom stereocenters. The first-order chi connectivity index (χ1) is 13.4. The summed E-state index contributed by atoms with van der Waals surface area (Å²) in [5.41, 5.74) is 15.0. The Labute approximate surface area is 171 Å². The Morgan fingerprint density at radius 2 is 1.96 bits per heavy atom. The van der Waals surface area contributed by atoms with Gasteiger partial charge in [-0.1, -0.05) is 36.5 Å². The van der Waals surface area contributed by atoms with Crippen molar-refractivity contribution in [3.63, 3.8) is 0 Å². The third kappa shape index (κ3) is 3.37. The second-order valence-electron chi connectivity index (χ2n) is 7.17. The van der Waals surface area contributed by atoms with Gasteiger partial charge in [0.2, 0.25) is 0 Å². The smallest absolute Gasteiger partial charge is 0.0578 e. The largest absolute Gasteiger partial charge is 0.354 e. The van der Waals surface area contributed by atoms with Crippen LogP contribution in [-0.2, 0) is 0 Å². The van der Waals surface area contributed by atoms with Crippen LogP contribution in [0.3, 0.4) is 0 Å². The molecule has 5 heteroatoms. The zero-order chi connectivity index (χ0) is 19.9. The minimum absolute atomic E-state index is 0.580. The van der Waals surface area contributed by atoms with Crippen molar-refractivity contribution in [2.75, 3.05) is 22.3 Å². The number of nitrogens with one attached hydrogen (secondary N) is 2. The first-order valence-electron chi connectivity index (χ1n) is 9.13. The molecule has 144 valence electrons. The van der Waals surface area contributed by atoms with Crippen molar-refractivity contribution in [3.8, 4) is 22.3 Å². The first kappa shape index (κ1) is 18.9. The lowest BCUT2D eigenvalue weighted by molar-refractivity contribution is 1.15. The zero-order valence-electron chi connectivity index (χ0n) is 16.0. The second-order valence-corrected chi connectivity index (χ2v) is 10.8. The van der Waals surface area contributed by atoms with Gasteiger partial charge in [-0.25, -0.2) is 0 Å². The van der Waals surface area contributed by atoms with Crippen molar-refractivity contribution in [3.05, 3.63) is 64.9 Å². The molecule has 2 heterocycles. The van der Waals surface area contributed by atoms with E-state index in [1.165, 1.54) is 32.7 Å². The summed E-state index contributed by atoms with van der Waals surface area (Å²) in [6.07, 6.45) is 0. The minimum Gasteiger partial charge on any atom is -0.354 e. The van der Waals surface area contributed by atoms with Gasteiger partial charge in [0.25, 0.3) is 0 Å². The average Bonchev–Trinajstić information content (AvgIpc) is 3.12. The van der Waals surface area contributed by atoms with E-state index < -0.39 is 9.39 Å². The molecule has 0 atom stereocenters. The molecule has 2 aromatic carbocycles. The van der Waals surface area contributed by atoms with Crippen molar-refractivity contribution in [2.24, 2.45) is 5.73 Å². The fourth-order valence-electron chi connectivity index (χ4n) is 3.69. The van der Waals surface area contributed by atoms with E-state index in [9.17, 15) is 0 Å². The number of nitrogens with two attached hydrogens (primary N) is 1. The lowest BCUT2D eigenvalue weighted by atomic mass is 9.87. The van der Waals surface area contributed by atoms with Crippen LogP contribution in [0.2, 0.25) is 0 Å². The number of rotatable bonds is 5. The number of hydrogen-bond acceptors (Lipinski definition) is 4. The summed E-state index contributed by atoms with van der Waals surface area (Å²) >= 11 is 1.72. The maximum Gasteiger partial charge on any atom is 0.0578 e. The molecule has 0 fully saturated rings. The number of hydrogen-bond donors (Lipinski definition) is 3. The number of thiophene rings is 1. The number of anilines is 2. The van der Waals surface area contributed by atoms with E-state index >= 15 is 0 Å². The minimum atomic E-state index is -1.46. The molecule has 0 spiro atoms. The summed E-state index contributed by atoms with van der Waals surface area (Å²) in [7, 11) is -1.46. The van der Waals surface area contributed by atoms with E-state index in [4.69, 9.17) is 5.73 Å². The molecule has 4 N–H and O–H groups in total. The van der Waals surface area contributed by atoms with Crippen molar-refractivity contribution in [1.82, 2.24) is 0 Å². The average molecular weight is 408 g/mol.